The van der Waals surface area contributed by atoms with Crippen LogP contribution in [0, 0.1) is 17.2 Å². The first-order valence-corrected chi connectivity index (χ1v) is 7.43. The van der Waals surface area contributed by atoms with Crippen LogP contribution in [0.3, 0.4) is 0 Å². The minimum atomic E-state index is 0.760. The average Bonchev–Trinajstić information content (AvgIpc) is 2.41. The fraction of sp³-hybridized carbons (Fsp3) is 0.529. The topological polar surface area (TPSA) is 0 Å². The highest BCUT2D eigenvalue weighted by Crippen LogP contribution is 2.37. The lowest BCUT2D eigenvalue weighted by molar-refractivity contribution is 0.308. The molecule has 0 aliphatic heterocycles. The lowest BCUT2D eigenvalue weighted by Crippen LogP contribution is -2.13. The van der Waals surface area contributed by atoms with E-state index in [4.69, 9.17) is 11.6 Å². The monoisotopic (exact) mass is 260 g/mol. The first-order valence-electron chi connectivity index (χ1n) is 7.05. The highest BCUT2D eigenvalue weighted by atomic mass is 35.5. The summed E-state index contributed by atoms with van der Waals surface area (Å²) < 4.78 is 0. The van der Waals surface area contributed by atoms with E-state index in [2.05, 4.69) is 42.5 Å². The van der Waals surface area contributed by atoms with Crippen LogP contribution in [-0.2, 0) is 0 Å². The van der Waals surface area contributed by atoms with E-state index in [0.717, 1.165) is 17.4 Å². The Balaban J connectivity index is 1.94. The van der Waals surface area contributed by atoms with Gasteiger partial charge >= 0.3 is 0 Å². The maximum atomic E-state index is 5.41. The second-order valence-corrected chi connectivity index (χ2v) is 5.54. The Hall–Kier alpha value is -0.930. The maximum Gasteiger partial charge on any atom is 0.0258 e. The highest BCUT2D eigenvalue weighted by molar-refractivity contribution is 6.30. The molecule has 1 aromatic carbocycles. The summed E-state index contributed by atoms with van der Waals surface area (Å²) >= 11 is 5.41. The molecule has 0 N–H and O–H groups in total. The second-order valence-electron chi connectivity index (χ2n) is 5.35. The summed E-state index contributed by atoms with van der Waals surface area (Å²) in [6, 6.07) is 8.62. The molecule has 0 atom stereocenters. The van der Waals surface area contributed by atoms with Gasteiger partial charge in [0.2, 0.25) is 0 Å². The predicted octanol–water partition coefficient (Wildman–Crippen LogP) is 5.31. The molecule has 0 amide bonds. The number of rotatable bonds is 3. The molecule has 0 saturated heterocycles. The lowest BCUT2D eigenvalue weighted by Gasteiger charge is -2.28. The molecule has 0 nitrogen and oxygen atoms in total. The first kappa shape index (κ1) is 13.5. The van der Waals surface area contributed by atoms with E-state index in [1.807, 2.05) is 0 Å². The summed E-state index contributed by atoms with van der Waals surface area (Å²) in [5.41, 5.74) is 2.48. The normalized spacial score (nSPS) is 23.2. The van der Waals surface area contributed by atoms with Gasteiger partial charge in [-0.05, 0) is 72.7 Å². The van der Waals surface area contributed by atoms with Crippen molar-refractivity contribution >= 4 is 11.6 Å². The molecule has 0 heterocycles. The van der Waals surface area contributed by atoms with E-state index >= 15 is 0 Å². The molecule has 0 radical (unpaired) electrons. The highest BCUT2D eigenvalue weighted by Gasteiger charge is 2.21. The fourth-order valence-corrected chi connectivity index (χ4v) is 3.19. The van der Waals surface area contributed by atoms with Gasteiger partial charge in [-0.2, -0.15) is 0 Å². The van der Waals surface area contributed by atoms with Gasteiger partial charge in [0, 0.05) is 10.9 Å². The third-order valence-corrected chi connectivity index (χ3v) is 4.21. The van der Waals surface area contributed by atoms with Gasteiger partial charge in [0.15, 0.2) is 0 Å². The van der Waals surface area contributed by atoms with Crippen LogP contribution in [0.1, 0.15) is 62.5 Å². The van der Waals surface area contributed by atoms with Crippen molar-refractivity contribution in [1.29, 1.82) is 0 Å². The Morgan fingerprint density at radius 1 is 1.11 bits per heavy atom. The summed E-state index contributed by atoms with van der Waals surface area (Å²) in [4.78, 5) is 0. The van der Waals surface area contributed by atoms with Crippen molar-refractivity contribution in [3.63, 3.8) is 0 Å². The summed E-state index contributed by atoms with van der Waals surface area (Å²) in [5, 5.41) is 2.43. The largest absolute Gasteiger partial charge is 0.0654 e. The van der Waals surface area contributed by atoms with Crippen LogP contribution in [-0.4, -0.2) is 0 Å². The van der Waals surface area contributed by atoms with Gasteiger partial charge in [0.1, 0.15) is 0 Å². The Morgan fingerprint density at radius 2 is 1.78 bits per heavy atom. The summed E-state index contributed by atoms with van der Waals surface area (Å²) in [6.07, 6.45) is 8.26. The van der Waals surface area contributed by atoms with E-state index in [9.17, 15) is 0 Å². The SMILES string of the molecule is CCCC1CCC(c2ccc(C#CCl)cc2)CC1. The minimum absolute atomic E-state index is 0.760. The van der Waals surface area contributed by atoms with Crippen molar-refractivity contribution in [3.05, 3.63) is 35.4 Å². The van der Waals surface area contributed by atoms with Crippen molar-refractivity contribution in [1.82, 2.24) is 0 Å². The van der Waals surface area contributed by atoms with Gasteiger partial charge in [0.05, 0.1) is 0 Å². The van der Waals surface area contributed by atoms with Crippen molar-refractivity contribution in [2.45, 2.75) is 51.4 Å². The van der Waals surface area contributed by atoms with E-state index in [1.54, 1.807) is 0 Å². The molecule has 1 aromatic rings. The molecule has 0 spiro atoms. The van der Waals surface area contributed by atoms with Gasteiger partial charge in [-0.25, -0.2) is 0 Å². The summed E-state index contributed by atoms with van der Waals surface area (Å²) in [5.74, 6) is 4.62. The predicted molar refractivity (Wildman–Crippen MR) is 78.8 cm³/mol. The standard InChI is InChI=1S/C17H21Cl/c1-2-3-14-4-8-16(9-5-14)17-10-6-15(7-11-17)12-13-18/h6-7,10-11,14,16H,2-5,8-9H2,1H3. The smallest absolute Gasteiger partial charge is 0.0258 e. The third-order valence-electron chi connectivity index (χ3n) is 4.12. The van der Waals surface area contributed by atoms with Crippen molar-refractivity contribution in [2.24, 2.45) is 5.92 Å². The van der Waals surface area contributed by atoms with Crippen LogP contribution in [0.2, 0.25) is 0 Å². The zero-order chi connectivity index (χ0) is 12.8. The Bertz CT molecular complexity index is 413. The Morgan fingerprint density at radius 3 is 2.33 bits per heavy atom. The average molecular weight is 261 g/mol. The van der Waals surface area contributed by atoms with Crippen molar-refractivity contribution < 1.29 is 0 Å². The molecular weight excluding hydrogens is 240 g/mol. The van der Waals surface area contributed by atoms with Crippen LogP contribution in [0.15, 0.2) is 24.3 Å². The van der Waals surface area contributed by atoms with Gasteiger partial charge in [0.25, 0.3) is 0 Å². The van der Waals surface area contributed by atoms with Gasteiger partial charge in [-0.3, -0.25) is 0 Å². The summed E-state index contributed by atoms with van der Waals surface area (Å²) in [6.45, 7) is 2.29. The molecule has 0 unspecified atom stereocenters. The quantitative estimate of drug-likeness (QED) is 0.646. The van der Waals surface area contributed by atoms with Crippen LogP contribution in [0.5, 0.6) is 0 Å². The van der Waals surface area contributed by atoms with Gasteiger partial charge < -0.3 is 0 Å². The number of halogens is 1. The van der Waals surface area contributed by atoms with Gasteiger partial charge in [-0.1, -0.05) is 31.9 Å². The molecule has 96 valence electrons. The zero-order valence-electron chi connectivity index (χ0n) is 11.1. The van der Waals surface area contributed by atoms with Crippen LogP contribution >= 0.6 is 11.6 Å². The van der Waals surface area contributed by atoms with Crippen molar-refractivity contribution in [2.75, 3.05) is 0 Å². The molecule has 1 aliphatic rings. The third kappa shape index (κ3) is 3.53. The number of hydrogen-bond donors (Lipinski definition) is 0. The molecule has 1 heteroatoms. The molecular formula is C17H21Cl. The zero-order valence-corrected chi connectivity index (χ0v) is 11.8. The van der Waals surface area contributed by atoms with Crippen molar-refractivity contribution in [3.8, 4) is 11.3 Å². The maximum absolute atomic E-state index is 5.41. The first-order chi connectivity index (χ1) is 8.83. The molecule has 0 bridgehead atoms. The van der Waals surface area contributed by atoms with E-state index < -0.39 is 0 Å². The van der Waals surface area contributed by atoms with Crippen LogP contribution in [0.4, 0.5) is 0 Å². The van der Waals surface area contributed by atoms with E-state index in [1.165, 1.54) is 44.1 Å². The minimum Gasteiger partial charge on any atom is -0.0654 e. The molecule has 1 saturated carbocycles. The molecule has 0 aromatic heterocycles. The Labute approximate surface area is 116 Å². The lowest BCUT2D eigenvalue weighted by atomic mass is 9.77. The summed E-state index contributed by atoms with van der Waals surface area (Å²) in [7, 11) is 0. The fourth-order valence-electron chi connectivity index (χ4n) is 3.09. The van der Waals surface area contributed by atoms with Gasteiger partial charge in [-0.15, -0.1) is 0 Å². The second kappa shape index (κ2) is 6.86. The molecule has 1 aliphatic carbocycles. The molecule has 2 rings (SSSR count). The molecule has 1 fully saturated rings. The van der Waals surface area contributed by atoms with Crippen LogP contribution < -0.4 is 0 Å². The molecule has 18 heavy (non-hydrogen) atoms. The Kier molecular flexibility index (Phi) is 5.14. The van der Waals surface area contributed by atoms with E-state index in [-0.39, 0.29) is 0 Å². The number of benzene rings is 1. The van der Waals surface area contributed by atoms with Crippen LogP contribution in [0.25, 0.3) is 0 Å². The van der Waals surface area contributed by atoms with E-state index in [0.29, 0.717) is 0 Å². The number of hydrogen-bond acceptors (Lipinski definition) is 0.